The van der Waals surface area contributed by atoms with E-state index in [1.807, 2.05) is 0 Å². The molecule has 0 aromatic heterocycles. The SMILES string of the molecule is O=C(O)CC1CCCC2(CCC2)O1. The Morgan fingerprint density at radius 1 is 1.38 bits per heavy atom. The highest BCUT2D eigenvalue weighted by Crippen LogP contribution is 2.44. The molecule has 0 bridgehead atoms. The Morgan fingerprint density at radius 3 is 2.62 bits per heavy atom. The van der Waals surface area contributed by atoms with Crippen molar-refractivity contribution < 1.29 is 14.6 Å². The lowest BCUT2D eigenvalue weighted by Gasteiger charge is -2.47. The number of rotatable bonds is 2. The first-order valence-electron chi connectivity index (χ1n) is 5.10. The van der Waals surface area contributed by atoms with Gasteiger partial charge in [-0.05, 0) is 38.5 Å². The van der Waals surface area contributed by atoms with E-state index < -0.39 is 5.97 Å². The van der Waals surface area contributed by atoms with Gasteiger partial charge in [0.1, 0.15) is 0 Å². The summed E-state index contributed by atoms with van der Waals surface area (Å²) in [6.45, 7) is 0. The van der Waals surface area contributed by atoms with E-state index in [-0.39, 0.29) is 18.1 Å². The molecule has 74 valence electrons. The largest absolute Gasteiger partial charge is 0.481 e. The molecule has 2 aliphatic rings. The number of carbonyl (C=O) groups is 1. The van der Waals surface area contributed by atoms with E-state index >= 15 is 0 Å². The molecule has 0 radical (unpaired) electrons. The monoisotopic (exact) mass is 184 g/mol. The lowest BCUT2D eigenvalue weighted by Crippen LogP contribution is -2.46. The maximum atomic E-state index is 10.5. The maximum absolute atomic E-state index is 10.5. The molecule has 2 fully saturated rings. The van der Waals surface area contributed by atoms with Gasteiger partial charge in [-0.15, -0.1) is 0 Å². The van der Waals surface area contributed by atoms with E-state index in [0.717, 1.165) is 32.1 Å². The van der Waals surface area contributed by atoms with Gasteiger partial charge in [0.05, 0.1) is 18.1 Å². The van der Waals surface area contributed by atoms with Crippen molar-refractivity contribution >= 4 is 5.97 Å². The first-order chi connectivity index (χ1) is 6.20. The van der Waals surface area contributed by atoms with Gasteiger partial charge >= 0.3 is 5.97 Å². The second kappa shape index (κ2) is 3.29. The summed E-state index contributed by atoms with van der Waals surface area (Å²) in [5, 5.41) is 8.65. The van der Waals surface area contributed by atoms with Crippen molar-refractivity contribution in [2.24, 2.45) is 0 Å². The van der Waals surface area contributed by atoms with Gasteiger partial charge in [0, 0.05) is 0 Å². The third-order valence-corrected chi connectivity index (χ3v) is 3.24. The molecule has 1 saturated carbocycles. The lowest BCUT2D eigenvalue weighted by atomic mass is 9.74. The molecule has 1 heterocycles. The van der Waals surface area contributed by atoms with Crippen LogP contribution in [0, 0.1) is 0 Å². The topological polar surface area (TPSA) is 46.5 Å². The summed E-state index contributed by atoms with van der Waals surface area (Å²) in [5.74, 6) is -0.735. The smallest absolute Gasteiger partial charge is 0.305 e. The van der Waals surface area contributed by atoms with Crippen LogP contribution >= 0.6 is 0 Å². The highest BCUT2D eigenvalue weighted by atomic mass is 16.5. The summed E-state index contributed by atoms with van der Waals surface area (Å²) in [5.41, 5.74) is 0.0956. The number of ether oxygens (including phenoxy) is 1. The van der Waals surface area contributed by atoms with Crippen LogP contribution in [0.25, 0.3) is 0 Å². The molecule has 2 rings (SSSR count). The molecule has 1 saturated heterocycles. The molecule has 1 spiro atoms. The number of hydrogen-bond acceptors (Lipinski definition) is 2. The molecule has 1 N–H and O–H groups in total. The lowest BCUT2D eigenvalue weighted by molar-refractivity contribution is -0.177. The Morgan fingerprint density at radius 2 is 2.08 bits per heavy atom. The van der Waals surface area contributed by atoms with E-state index in [0.29, 0.717) is 0 Å². The zero-order chi connectivity index (χ0) is 9.31. The summed E-state index contributed by atoms with van der Waals surface area (Å²) in [7, 11) is 0. The van der Waals surface area contributed by atoms with Crippen LogP contribution in [0.4, 0.5) is 0 Å². The summed E-state index contributed by atoms with van der Waals surface area (Å²) in [6.07, 6.45) is 6.90. The van der Waals surface area contributed by atoms with Crippen LogP contribution in [0.2, 0.25) is 0 Å². The summed E-state index contributed by atoms with van der Waals surface area (Å²) in [4.78, 5) is 10.5. The minimum Gasteiger partial charge on any atom is -0.481 e. The van der Waals surface area contributed by atoms with Crippen molar-refractivity contribution in [1.29, 1.82) is 0 Å². The van der Waals surface area contributed by atoms with Crippen molar-refractivity contribution in [2.45, 2.75) is 56.7 Å². The van der Waals surface area contributed by atoms with Crippen molar-refractivity contribution in [3.05, 3.63) is 0 Å². The molecule has 1 atom stereocenters. The maximum Gasteiger partial charge on any atom is 0.305 e. The van der Waals surface area contributed by atoms with Crippen LogP contribution in [0.15, 0.2) is 0 Å². The first-order valence-corrected chi connectivity index (χ1v) is 5.10. The van der Waals surface area contributed by atoms with Crippen molar-refractivity contribution in [1.82, 2.24) is 0 Å². The van der Waals surface area contributed by atoms with Crippen LogP contribution in [-0.2, 0) is 9.53 Å². The Balaban J connectivity index is 1.88. The average molecular weight is 184 g/mol. The highest BCUT2D eigenvalue weighted by molar-refractivity contribution is 5.67. The summed E-state index contributed by atoms with van der Waals surface area (Å²) in [6, 6.07) is 0. The second-order valence-corrected chi connectivity index (χ2v) is 4.27. The van der Waals surface area contributed by atoms with Gasteiger partial charge in [-0.3, -0.25) is 4.79 Å². The van der Waals surface area contributed by atoms with Crippen molar-refractivity contribution in [3.8, 4) is 0 Å². The van der Waals surface area contributed by atoms with Crippen molar-refractivity contribution in [3.63, 3.8) is 0 Å². The van der Waals surface area contributed by atoms with Gasteiger partial charge < -0.3 is 9.84 Å². The molecule has 3 heteroatoms. The molecule has 1 aliphatic carbocycles. The van der Waals surface area contributed by atoms with Gasteiger partial charge in [-0.2, -0.15) is 0 Å². The fourth-order valence-electron chi connectivity index (χ4n) is 2.40. The van der Waals surface area contributed by atoms with E-state index in [4.69, 9.17) is 9.84 Å². The number of carboxylic acid groups (broad SMARTS) is 1. The van der Waals surface area contributed by atoms with Gasteiger partial charge in [0.15, 0.2) is 0 Å². The second-order valence-electron chi connectivity index (χ2n) is 4.27. The Labute approximate surface area is 78.1 Å². The minimum atomic E-state index is -0.735. The molecule has 0 aromatic carbocycles. The molecule has 0 amide bonds. The van der Waals surface area contributed by atoms with Gasteiger partial charge in [-0.1, -0.05) is 0 Å². The fourth-order valence-corrected chi connectivity index (χ4v) is 2.40. The van der Waals surface area contributed by atoms with E-state index in [1.54, 1.807) is 0 Å². The minimum absolute atomic E-state index is 0.0217. The normalized spacial score (nSPS) is 31.2. The quantitative estimate of drug-likeness (QED) is 0.713. The Bertz CT molecular complexity index is 208. The average Bonchev–Trinajstić information content (AvgIpc) is 2.01. The molecule has 0 aromatic rings. The van der Waals surface area contributed by atoms with E-state index in [2.05, 4.69) is 0 Å². The van der Waals surface area contributed by atoms with Crippen LogP contribution in [0.1, 0.15) is 44.9 Å². The van der Waals surface area contributed by atoms with Crippen molar-refractivity contribution in [2.75, 3.05) is 0 Å². The zero-order valence-electron chi connectivity index (χ0n) is 7.79. The molecule has 1 aliphatic heterocycles. The summed E-state index contributed by atoms with van der Waals surface area (Å²) >= 11 is 0. The number of hydrogen-bond donors (Lipinski definition) is 1. The number of aliphatic carboxylic acids is 1. The Hall–Kier alpha value is -0.570. The van der Waals surface area contributed by atoms with E-state index in [1.165, 1.54) is 6.42 Å². The van der Waals surface area contributed by atoms with Gasteiger partial charge in [0.25, 0.3) is 0 Å². The fraction of sp³-hybridized carbons (Fsp3) is 0.900. The first kappa shape index (κ1) is 9.00. The third kappa shape index (κ3) is 1.85. The number of carboxylic acids is 1. The van der Waals surface area contributed by atoms with E-state index in [9.17, 15) is 4.79 Å². The molecular weight excluding hydrogens is 168 g/mol. The standard InChI is InChI=1S/C10H16O3/c11-9(12)7-8-3-1-4-10(13-8)5-2-6-10/h8H,1-7H2,(H,11,12). The van der Waals surface area contributed by atoms with Crippen LogP contribution in [0.3, 0.4) is 0 Å². The zero-order valence-corrected chi connectivity index (χ0v) is 7.79. The van der Waals surface area contributed by atoms with Crippen LogP contribution in [-0.4, -0.2) is 22.8 Å². The Kier molecular flexibility index (Phi) is 2.28. The van der Waals surface area contributed by atoms with Gasteiger partial charge in [-0.25, -0.2) is 0 Å². The van der Waals surface area contributed by atoms with Crippen LogP contribution < -0.4 is 0 Å². The highest BCUT2D eigenvalue weighted by Gasteiger charge is 2.42. The van der Waals surface area contributed by atoms with Crippen LogP contribution in [0.5, 0.6) is 0 Å². The molecule has 13 heavy (non-hydrogen) atoms. The predicted octanol–water partition coefficient (Wildman–Crippen LogP) is 1.95. The summed E-state index contributed by atoms with van der Waals surface area (Å²) < 4.78 is 5.84. The predicted molar refractivity (Wildman–Crippen MR) is 47.6 cm³/mol. The molecular formula is C10H16O3. The van der Waals surface area contributed by atoms with Gasteiger partial charge in [0.2, 0.25) is 0 Å². The molecule has 3 nitrogen and oxygen atoms in total. The molecule has 1 unspecified atom stereocenters. The third-order valence-electron chi connectivity index (χ3n) is 3.24.